The minimum absolute atomic E-state index is 0.316. The molecule has 2 aliphatic rings. The third kappa shape index (κ3) is 4.18. The van der Waals surface area contributed by atoms with Crippen molar-refractivity contribution < 1.29 is 4.79 Å². The van der Waals surface area contributed by atoms with Crippen molar-refractivity contribution in [2.45, 2.75) is 57.5 Å². The van der Waals surface area contributed by atoms with Gasteiger partial charge in [0.05, 0.1) is 0 Å². The van der Waals surface area contributed by atoms with E-state index in [9.17, 15) is 4.79 Å². The summed E-state index contributed by atoms with van der Waals surface area (Å²) in [6.45, 7) is 6.56. The van der Waals surface area contributed by atoms with Gasteiger partial charge in [0, 0.05) is 32.1 Å². The monoisotopic (exact) mass is 267 g/mol. The van der Waals surface area contributed by atoms with Crippen molar-refractivity contribution in [1.82, 2.24) is 15.1 Å². The van der Waals surface area contributed by atoms with Gasteiger partial charge < -0.3 is 10.2 Å². The zero-order valence-electron chi connectivity index (χ0n) is 12.5. The Hall–Kier alpha value is -0.610. The standard InChI is InChI=1S/C15H29N3O/c1-3-18-11-5-7-14(18)12-17(2)15(19)9-8-13-6-4-10-16-13/h13-14,16H,3-12H2,1-2H3. The Labute approximate surface area is 117 Å². The Bertz CT molecular complexity index is 289. The van der Waals surface area contributed by atoms with Crippen LogP contribution < -0.4 is 5.32 Å². The molecule has 2 atom stereocenters. The molecule has 4 heteroatoms. The molecule has 2 rings (SSSR count). The van der Waals surface area contributed by atoms with Crippen LogP contribution >= 0.6 is 0 Å². The van der Waals surface area contributed by atoms with Crippen LogP contribution in [-0.2, 0) is 4.79 Å². The molecule has 1 N–H and O–H groups in total. The first-order valence-electron chi connectivity index (χ1n) is 7.92. The Morgan fingerprint density at radius 2 is 2.21 bits per heavy atom. The van der Waals surface area contributed by atoms with E-state index in [1.54, 1.807) is 0 Å². The van der Waals surface area contributed by atoms with Gasteiger partial charge in [-0.2, -0.15) is 0 Å². The summed E-state index contributed by atoms with van der Waals surface area (Å²) in [4.78, 5) is 16.6. The summed E-state index contributed by atoms with van der Waals surface area (Å²) in [5, 5.41) is 3.46. The van der Waals surface area contributed by atoms with Gasteiger partial charge in [0.15, 0.2) is 0 Å². The number of rotatable bonds is 6. The highest BCUT2D eigenvalue weighted by molar-refractivity contribution is 5.75. The lowest BCUT2D eigenvalue weighted by atomic mass is 10.1. The Morgan fingerprint density at radius 1 is 1.37 bits per heavy atom. The maximum Gasteiger partial charge on any atom is 0.222 e. The lowest BCUT2D eigenvalue weighted by Crippen LogP contribution is -2.41. The number of likely N-dealkylation sites (tertiary alicyclic amines) is 1. The molecule has 0 saturated carbocycles. The quantitative estimate of drug-likeness (QED) is 0.791. The van der Waals surface area contributed by atoms with Gasteiger partial charge in [-0.25, -0.2) is 0 Å². The molecule has 0 bridgehead atoms. The zero-order chi connectivity index (χ0) is 13.7. The van der Waals surface area contributed by atoms with Gasteiger partial charge in [0.1, 0.15) is 0 Å². The summed E-state index contributed by atoms with van der Waals surface area (Å²) in [5.41, 5.74) is 0. The molecule has 2 aliphatic heterocycles. The number of carbonyl (C=O) groups excluding carboxylic acids is 1. The maximum atomic E-state index is 12.2. The summed E-state index contributed by atoms with van der Waals surface area (Å²) in [6.07, 6.45) is 6.74. The van der Waals surface area contributed by atoms with Gasteiger partial charge in [-0.05, 0) is 51.7 Å². The average Bonchev–Trinajstić information content (AvgIpc) is 3.06. The highest BCUT2D eigenvalue weighted by atomic mass is 16.2. The maximum absolute atomic E-state index is 12.2. The highest BCUT2D eigenvalue weighted by Gasteiger charge is 2.25. The molecule has 110 valence electrons. The van der Waals surface area contributed by atoms with E-state index in [0.29, 0.717) is 24.4 Å². The first kappa shape index (κ1) is 14.8. The van der Waals surface area contributed by atoms with E-state index in [1.165, 1.54) is 32.2 Å². The van der Waals surface area contributed by atoms with Crippen molar-refractivity contribution in [1.29, 1.82) is 0 Å². The number of carbonyl (C=O) groups is 1. The van der Waals surface area contributed by atoms with E-state index < -0.39 is 0 Å². The third-order valence-corrected chi connectivity index (χ3v) is 4.68. The lowest BCUT2D eigenvalue weighted by molar-refractivity contribution is -0.130. The van der Waals surface area contributed by atoms with E-state index in [2.05, 4.69) is 17.1 Å². The number of likely N-dealkylation sites (N-methyl/N-ethyl adjacent to an activating group) is 2. The lowest BCUT2D eigenvalue weighted by Gasteiger charge is -2.28. The van der Waals surface area contributed by atoms with Gasteiger partial charge in [-0.15, -0.1) is 0 Å². The second kappa shape index (κ2) is 7.25. The van der Waals surface area contributed by atoms with Gasteiger partial charge >= 0.3 is 0 Å². The molecular formula is C15H29N3O. The molecule has 0 radical (unpaired) electrons. The van der Waals surface area contributed by atoms with Gasteiger partial charge in [-0.1, -0.05) is 6.92 Å². The van der Waals surface area contributed by atoms with Crippen molar-refractivity contribution in [2.24, 2.45) is 0 Å². The van der Waals surface area contributed by atoms with Gasteiger partial charge in [0.2, 0.25) is 5.91 Å². The Morgan fingerprint density at radius 3 is 2.89 bits per heavy atom. The molecule has 2 saturated heterocycles. The predicted molar refractivity (Wildman–Crippen MR) is 78.2 cm³/mol. The summed E-state index contributed by atoms with van der Waals surface area (Å²) in [7, 11) is 1.97. The number of nitrogens with zero attached hydrogens (tertiary/aromatic N) is 2. The van der Waals surface area contributed by atoms with Crippen molar-refractivity contribution in [3.63, 3.8) is 0 Å². The molecule has 0 aliphatic carbocycles. The van der Waals surface area contributed by atoms with Crippen molar-refractivity contribution in [3.05, 3.63) is 0 Å². The van der Waals surface area contributed by atoms with Crippen LogP contribution in [0.2, 0.25) is 0 Å². The normalized spacial score (nSPS) is 27.9. The van der Waals surface area contributed by atoms with E-state index in [4.69, 9.17) is 0 Å². The van der Waals surface area contributed by atoms with Gasteiger partial charge in [-0.3, -0.25) is 9.69 Å². The van der Waals surface area contributed by atoms with E-state index in [-0.39, 0.29) is 0 Å². The summed E-state index contributed by atoms with van der Waals surface area (Å²) >= 11 is 0. The average molecular weight is 267 g/mol. The third-order valence-electron chi connectivity index (χ3n) is 4.68. The van der Waals surface area contributed by atoms with Crippen molar-refractivity contribution >= 4 is 5.91 Å². The largest absolute Gasteiger partial charge is 0.344 e. The second-order valence-electron chi connectivity index (χ2n) is 6.03. The number of hydrogen-bond acceptors (Lipinski definition) is 3. The summed E-state index contributed by atoms with van der Waals surface area (Å²) in [5.74, 6) is 0.316. The van der Waals surface area contributed by atoms with Crippen LogP contribution in [0, 0.1) is 0 Å². The van der Waals surface area contributed by atoms with Gasteiger partial charge in [0.25, 0.3) is 0 Å². The molecule has 0 aromatic heterocycles. The fourth-order valence-corrected chi connectivity index (χ4v) is 3.43. The van der Waals surface area contributed by atoms with Crippen LogP contribution in [0.15, 0.2) is 0 Å². The van der Waals surface area contributed by atoms with Crippen LogP contribution in [0.4, 0.5) is 0 Å². The minimum Gasteiger partial charge on any atom is -0.344 e. The molecule has 0 aromatic carbocycles. The molecule has 2 heterocycles. The smallest absolute Gasteiger partial charge is 0.222 e. The van der Waals surface area contributed by atoms with Crippen molar-refractivity contribution in [2.75, 3.05) is 33.2 Å². The number of nitrogens with one attached hydrogen (secondary N) is 1. The molecule has 2 unspecified atom stereocenters. The number of amides is 1. The Kier molecular flexibility index (Phi) is 5.64. The zero-order valence-corrected chi connectivity index (χ0v) is 12.5. The molecule has 4 nitrogen and oxygen atoms in total. The van der Waals surface area contributed by atoms with E-state index in [0.717, 1.165) is 26.1 Å². The Balaban J connectivity index is 1.69. The molecule has 19 heavy (non-hydrogen) atoms. The molecule has 0 aromatic rings. The van der Waals surface area contributed by atoms with Crippen molar-refractivity contribution in [3.8, 4) is 0 Å². The fourth-order valence-electron chi connectivity index (χ4n) is 3.43. The molecule has 2 fully saturated rings. The predicted octanol–water partition coefficient (Wildman–Crippen LogP) is 1.46. The van der Waals surface area contributed by atoms with Crippen LogP contribution in [0.5, 0.6) is 0 Å². The van der Waals surface area contributed by atoms with Crippen LogP contribution in [0.1, 0.15) is 45.4 Å². The van der Waals surface area contributed by atoms with Crippen LogP contribution in [0.25, 0.3) is 0 Å². The summed E-state index contributed by atoms with van der Waals surface area (Å²) in [6, 6.07) is 1.17. The highest BCUT2D eigenvalue weighted by Crippen LogP contribution is 2.18. The summed E-state index contributed by atoms with van der Waals surface area (Å²) < 4.78 is 0. The molecular weight excluding hydrogens is 238 g/mol. The topological polar surface area (TPSA) is 35.6 Å². The molecule has 0 spiro atoms. The first-order valence-corrected chi connectivity index (χ1v) is 7.92. The van der Waals surface area contributed by atoms with E-state index >= 15 is 0 Å². The van der Waals surface area contributed by atoms with Crippen LogP contribution in [0.3, 0.4) is 0 Å². The number of hydrogen-bond donors (Lipinski definition) is 1. The SMILES string of the molecule is CCN1CCCC1CN(C)C(=O)CCC1CCCN1. The second-order valence-corrected chi connectivity index (χ2v) is 6.03. The molecule has 1 amide bonds. The minimum atomic E-state index is 0.316. The van der Waals surface area contributed by atoms with E-state index in [1.807, 2.05) is 11.9 Å². The fraction of sp³-hybridized carbons (Fsp3) is 0.933. The van der Waals surface area contributed by atoms with Crippen LogP contribution in [-0.4, -0.2) is 61.0 Å². The first-order chi connectivity index (χ1) is 9.20.